The van der Waals surface area contributed by atoms with E-state index in [1.54, 1.807) is 12.1 Å². The van der Waals surface area contributed by atoms with Gasteiger partial charge in [-0.1, -0.05) is 48.5 Å². The van der Waals surface area contributed by atoms with E-state index in [1.807, 2.05) is 48.5 Å². The molecule has 0 aromatic heterocycles. The van der Waals surface area contributed by atoms with Crippen molar-refractivity contribution >= 4 is 6.09 Å². The molecule has 1 aliphatic carbocycles. The number of allylic oxidation sites excluding steroid dienone is 2. The van der Waals surface area contributed by atoms with Crippen LogP contribution in [0.5, 0.6) is 0 Å². The van der Waals surface area contributed by atoms with E-state index in [4.69, 9.17) is 10.5 Å². The van der Waals surface area contributed by atoms with Gasteiger partial charge in [-0.15, -0.1) is 0 Å². The van der Waals surface area contributed by atoms with Crippen molar-refractivity contribution < 1.29 is 13.9 Å². The topological polar surface area (TPSA) is 127 Å². The molecular weight excluding hydrogens is 433 g/mol. The first kappa shape index (κ1) is 22.6. The van der Waals surface area contributed by atoms with Crippen LogP contribution in [-0.2, 0) is 11.3 Å². The van der Waals surface area contributed by atoms with Crippen LogP contribution in [0.1, 0.15) is 17.0 Å². The number of fused-ring (bicyclic) bond motifs is 1. The molecule has 1 amide bonds. The van der Waals surface area contributed by atoms with Gasteiger partial charge in [-0.2, -0.15) is 15.8 Å². The van der Waals surface area contributed by atoms with E-state index in [2.05, 4.69) is 0 Å². The number of rotatable bonds is 3. The molecule has 1 aliphatic heterocycles. The van der Waals surface area contributed by atoms with Crippen LogP contribution in [0.25, 0.3) is 0 Å². The van der Waals surface area contributed by atoms with Gasteiger partial charge < -0.3 is 15.4 Å². The van der Waals surface area contributed by atoms with Crippen molar-refractivity contribution in [3.8, 4) is 18.2 Å². The number of nitriles is 3. The van der Waals surface area contributed by atoms with E-state index in [0.29, 0.717) is 11.1 Å². The monoisotopic (exact) mass is 453 g/mol. The molecule has 8 heteroatoms. The molecular formula is C26H20FN5O2. The highest BCUT2D eigenvalue weighted by molar-refractivity contribution is 5.69. The molecule has 0 fully saturated rings. The molecule has 2 atom stereocenters. The zero-order valence-corrected chi connectivity index (χ0v) is 18.1. The molecule has 168 valence electrons. The first-order valence-electron chi connectivity index (χ1n) is 10.6. The highest BCUT2D eigenvalue weighted by Gasteiger charge is 2.54. The maximum Gasteiger partial charge on any atom is 0.410 e. The fourth-order valence-electron chi connectivity index (χ4n) is 4.72. The standard InChI is InChI=1S/C26H20FN5O2/c27-19-8-4-7-18(11-19)23-22-13-32(25(33)34-14-17-5-2-1-3-6-17)10-9-20(22)21(12-28)24(31)26(23,15-29)16-30/h1-9,11,22-23H,10,13-14,31H2. The maximum atomic E-state index is 14.2. The summed E-state index contributed by atoms with van der Waals surface area (Å²) in [5.41, 5.74) is 5.99. The van der Waals surface area contributed by atoms with Crippen molar-refractivity contribution in [2.24, 2.45) is 17.1 Å². The van der Waals surface area contributed by atoms with Crippen molar-refractivity contribution in [1.82, 2.24) is 4.90 Å². The van der Waals surface area contributed by atoms with E-state index >= 15 is 0 Å². The fraction of sp³-hybridized carbons (Fsp3) is 0.231. The van der Waals surface area contributed by atoms with E-state index in [0.717, 1.165) is 5.56 Å². The number of nitrogens with two attached hydrogens (primary N) is 1. The van der Waals surface area contributed by atoms with Gasteiger partial charge in [-0.3, -0.25) is 0 Å². The lowest BCUT2D eigenvalue weighted by Crippen LogP contribution is -2.49. The molecule has 1 heterocycles. The summed E-state index contributed by atoms with van der Waals surface area (Å²) in [6.45, 7) is 0.325. The van der Waals surface area contributed by atoms with Gasteiger partial charge in [-0.25, -0.2) is 9.18 Å². The second-order valence-electron chi connectivity index (χ2n) is 8.18. The zero-order valence-electron chi connectivity index (χ0n) is 18.1. The molecule has 4 rings (SSSR count). The Hall–Kier alpha value is -4.61. The molecule has 2 aliphatic rings. The summed E-state index contributed by atoms with van der Waals surface area (Å²) in [5, 5.41) is 30.0. The normalized spacial score (nSPS) is 20.8. The molecule has 2 unspecified atom stereocenters. The number of hydrogen-bond acceptors (Lipinski definition) is 6. The molecule has 34 heavy (non-hydrogen) atoms. The van der Waals surface area contributed by atoms with Crippen LogP contribution >= 0.6 is 0 Å². The summed E-state index contributed by atoms with van der Waals surface area (Å²) < 4.78 is 19.6. The van der Waals surface area contributed by atoms with Gasteiger partial charge >= 0.3 is 6.09 Å². The van der Waals surface area contributed by atoms with Gasteiger partial charge in [0.05, 0.1) is 23.4 Å². The molecule has 0 bridgehead atoms. The summed E-state index contributed by atoms with van der Waals surface area (Å²) in [6, 6.07) is 20.9. The predicted octanol–water partition coefficient (Wildman–Crippen LogP) is 3.89. The van der Waals surface area contributed by atoms with Crippen LogP contribution in [-0.4, -0.2) is 24.1 Å². The Kier molecular flexibility index (Phi) is 6.04. The molecule has 0 saturated carbocycles. The van der Waals surface area contributed by atoms with Crippen LogP contribution < -0.4 is 5.73 Å². The van der Waals surface area contributed by atoms with Crippen LogP contribution in [0, 0.1) is 51.1 Å². The molecule has 0 saturated heterocycles. The summed E-state index contributed by atoms with van der Waals surface area (Å²) >= 11 is 0. The number of carbonyl (C=O) groups is 1. The predicted molar refractivity (Wildman–Crippen MR) is 119 cm³/mol. The lowest BCUT2D eigenvalue weighted by Gasteiger charge is -2.45. The lowest BCUT2D eigenvalue weighted by atomic mass is 9.58. The van der Waals surface area contributed by atoms with Crippen molar-refractivity contribution in [2.75, 3.05) is 13.1 Å². The SMILES string of the molecule is N#CC1=C(N)C(C#N)(C#N)C(c2cccc(F)c2)C2CN(C(=O)OCc3ccccc3)CC=C12. The molecule has 2 aromatic rings. The largest absolute Gasteiger partial charge is 0.445 e. The molecule has 0 radical (unpaired) electrons. The Morgan fingerprint density at radius 1 is 1.15 bits per heavy atom. The van der Waals surface area contributed by atoms with Crippen LogP contribution in [0.2, 0.25) is 0 Å². The van der Waals surface area contributed by atoms with Gasteiger partial charge in [0, 0.05) is 24.9 Å². The van der Waals surface area contributed by atoms with Crippen molar-refractivity contribution in [2.45, 2.75) is 12.5 Å². The maximum absolute atomic E-state index is 14.2. The minimum atomic E-state index is -1.90. The number of amides is 1. The third kappa shape index (κ3) is 3.74. The van der Waals surface area contributed by atoms with Gasteiger partial charge in [0.25, 0.3) is 0 Å². The number of ether oxygens (including phenoxy) is 1. The summed E-state index contributed by atoms with van der Waals surface area (Å²) in [6.07, 6.45) is 1.12. The summed E-state index contributed by atoms with van der Waals surface area (Å²) in [5.74, 6) is -2.07. The number of halogens is 1. The molecule has 2 N–H and O–H groups in total. The van der Waals surface area contributed by atoms with Gasteiger partial charge in [0.1, 0.15) is 18.5 Å². The van der Waals surface area contributed by atoms with E-state index < -0.39 is 29.2 Å². The van der Waals surface area contributed by atoms with E-state index in [9.17, 15) is 25.0 Å². The number of nitrogens with zero attached hydrogens (tertiary/aromatic N) is 4. The van der Waals surface area contributed by atoms with Crippen LogP contribution in [0.4, 0.5) is 9.18 Å². The lowest BCUT2D eigenvalue weighted by molar-refractivity contribution is 0.0898. The molecule has 2 aromatic carbocycles. The fourth-order valence-corrected chi connectivity index (χ4v) is 4.72. The van der Waals surface area contributed by atoms with Crippen molar-refractivity contribution in [3.05, 3.63) is 94.5 Å². The third-order valence-corrected chi connectivity index (χ3v) is 6.34. The number of hydrogen-bond donors (Lipinski definition) is 1. The molecule has 7 nitrogen and oxygen atoms in total. The third-order valence-electron chi connectivity index (χ3n) is 6.34. The smallest absolute Gasteiger partial charge is 0.410 e. The zero-order chi connectivity index (χ0) is 24.3. The Labute approximate surface area is 196 Å². The quantitative estimate of drug-likeness (QED) is 0.751. The Balaban J connectivity index is 1.74. The first-order chi connectivity index (χ1) is 16.4. The highest BCUT2D eigenvalue weighted by atomic mass is 19.1. The van der Waals surface area contributed by atoms with E-state index in [-0.39, 0.29) is 31.0 Å². The number of carbonyl (C=O) groups excluding carboxylic acids is 1. The average Bonchev–Trinajstić information content (AvgIpc) is 2.87. The average molecular weight is 453 g/mol. The Bertz CT molecular complexity index is 1300. The van der Waals surface area contributed by atoms with Gasteiger partial charge in [0.2, 0.25) is 0 Å². The van der Waals surface area contributed by atoms with Crippen LogP contribution in [0.3, 0.4) is 0 Å². The molecule has 0 spiro atoms. The van der Waals surface area contributed by atoms with Crippen molar-refractivity contribution in [3.63, 3.8) is 0 Å². The van der Waals surface area contributed by atoms with Gasteiger partial charge in [0.15, 0.2) is 5.41 Å². The minimum Gasteiger partial charge on any atom is -0.445 e. The Morgan fingerprint density at radius 3 is 2.53 bits per heavy atom. The second-order valence-corrected chi connectivity index (χ2v) is 8.18. The summed E-state index contributed by atoms with van der Waals surface area (Å²) in [4.78, 5) is 14.3. The second kappa shape index (κ2) is 9.10. The van der Waals surface area contributed by atoms with Crippen LogP contribution in [0.15, 0.2) is 77.5 Å². The first-order valence-corrected chi connectivity index (χ1v) is 10.6. The summed E-state index contributed by atoms with van der Waals surface area (Å²) in [7, 11) is 0. The number of benzene rings is 2. The highest BCUT2D eigenvalue weighted by Crippen LogP contribution is 2.54. The van der Waals surface area contributed by atoms with Crippen molar-refractivity contribution in [1.29, 1.82) is 15.8 Å². The van der Waals surface area contributed by atoms with E-state index in [1.165, 1.54) is 23.1 Å². The Morgan fingerprint density at radius 2 is 1.88 bits per heavy atom. The van der Waals surface area contributed by atoms with Gasteiger partial charge in [-0.05, 0) is 28.8 Å². The minimum absolute atomic E-state index is 0.0538.